The van der Waals surface area contributed by atoms with Gasteiger partial charge < -0.3 is 15.3 Å². The summed E-state index contributed by atoms with van der Waals surface area (Å²) in [6.07, 6.45) is 4.48. The van der Waals surface area contributed by atoms with Crippen LogP contribution >= 0.6 is 0 Å². The Morgan fingerprint density at radius 1 is 1.42 bits per heavy atom. The molecule has 0 bridgehead atoms. The summed E-state index contributed by atoms with van der Waals surface area (Å²) < 4.78 is 1.92. The van der Waals surface area contributed by atoms with E-state index in [1.54, 1.807) is 4.90 Å². The normalized spacial score (nSPS) is 26.7. The lowest BCUT2D eigenvalue weighted by Gasteiger charge is -2.24. The van der Waals surface area contributed by atoms with Gasteiger partial charge in [0.05, 0.1) is 22.7 Å². The van der Waals surface area contributed by atoms with Crippen LogP contribution in [0.3, 0.4) is 0 Å². The smallest absolute Gasteiger partial charge is 0.317 e. The predicted molar refractivity (Wildman–Crippen MR) is 97.9 cm³/mol. The zero-order valence-electron chi connectivity index (χ0n) is 16.4. The van der Waals surface area contributed by atoms with Gasteiger partial charge in [0.1, 0.15) is 0 Å². The molecule has 1 aromatic rings. The van der Waals surface area contributed by atoms with Gasteiger partial charge >= 0.3 is 12.0 Å². The van der Waals surface area contributed by atoms with Gasteiger partial charge in [0.2, 0.25) is 0 Å². The standard InChI is InChI=1S/C19H30N4O3/c1-12(15-10-23(18(3,4)5)21-13(15)2)20-17(26)22-9-14-7-6-8-19(14,11-22)16(24)25/h10,12,14H,6-9,11H2,1-5H3,(H,20,26)(H,24,25)/t12?,14-,19+/m0/s1. The molecule has 1 saturated carbocycles. The highest BCUT2D eigenvalue weighted by atomic mass is 16.4. The molecule has 3 atom stereocenters. The first kappa shape index (κ1) is 18.7. The fourth-order valence-electron chi connectivity index (χ4n) is 4.39. The Morgan fingerprint density at radius 3 is 2.65 bits per heavy atom. The molecule has 2 heterocycles. The van der Waals surface area contributed by atoms with Gasteiger partial charge in [-0.05, 0) is 53.4 Å². The van der Waals surface area contributed by atoms with Gasteiger partial charge in [0.25, 0.3) is 0 Å². The van der Waals surface area contributed by atoms with E-state index < -0.39 is 11.4 Å². The quantitative estimate of drug-likeness (QED) is 0.865. The van der Waals surface area contributed by atoms with Gasteiger partial charge in [-0.15, -0.1) is 0 Å². The molecular formula is C19H30N4O3. The van der Waals surface area contributed by atoms with E-state index in [4.69, 9.17) is 0 Å². The van der Waals surface area contributed by atoms with Gasteiger partial charge in [0.15, 0.2) is 0 Å². The van der Waals surface area contributed by atoms with Crippen LogP contribution in [-0.2, 0) is 10.3 Å². The zero-order valence-corrected chi connectivity index (χ0v) is 16.4. The number of nitrogens with one attached hydrogen (secondary N) is 1. The van der Waals surface area contributed by atoms with E-state index >= 15 is 0 Å². The third-order valence-corrected chi connectivity index (χ3v) is 6.01. The first-order valence-corrected chi connectivity index (χ1v) is 9.40. The zero-order chi connectivity index (χ0) is 19.3. The van der Waals surface area contributed by atoms with E-state index in [1.807, 2.05) is 24.7 Å². The molecule has 144 valence electrons. The van der Waals surface area contributed by atoms with Crippen molar-refractivity contribution in [3.8, 4) is 0 Å². The van der Waals surface area contributed by atoms with E-state index in [-0.39, 0.29) is 23.5 Å². The van der Waals surface area contributed by atoms with E-state index in [2.05, 4.69) is 31.2 Å². The van der Waals surface area contributed by atoms with Crippen LogP contribution in [0.25, 0.3) is 0 Å². The Kier molecular flexibility index (Phi) is 4.53. The summed E-state index contributed by atoms with van der Waals surface area (Å²) in [7, 11) is 0. The van der Waals surface area contributed by atoms with Gasteiger partial charge in [-0.1, -0.05) is 6.42 Å². The number of aryl methyl sites for hydroxylation is 1. The third-order valence-electron chi connectivity index (χ3n) is 6.01. The number of aliphatic carboxylic acids is 1. The minimum absolute atomic E-state index is 0.0754. The maximum atomic E-state index is 12.7. The molecule has 2 amide bonds. The maximum absolute atomic E-state index is 12.7. The summed E-state index contributed by atoms with van der Waals surface area (Å²) in [4.78, 5) is 26.2. The summed E-state index contributed by atoms with van der Waals surface area (Å²) in [6.45, 7) is 11.0. The summed E-state index contributed by atoms with van der Waals surface area (Å²) in [5.74, 6) is -0.683. The molecule has 1 aromatic heterocycles. The molecule has 0 spiro atoms. The molecule has 7 nitrogen and oxygen atoms in total. The fraction of sp³-hybridized carbons (Fsp3) is 0.737. The number of hydrogen-bond acceptors (Lipinski definition) is 3. The Labute approximate surface area is 154 Å². The molecule has 1 aliphatic heterocycles. The summed E-state index contributed by atoms with van der Waals surface area (Å²) in [5, 5.41) is 17.3. The number of nitrogens with zero attached hydrogens (tertiary/aromatic N) is 3. The average Bonchev–Trinajstić information content (AvgIpc) is 3.17. The maximum Gasteiger partial charge on any atom is 0.317 e. The van der Waals surface area contributed by atoms with E-state index in [1.165, 1.54) is 0 Å². The summed E-state index contributed by atoms with van der Waals surface area (Å²) in [6, 6.07) is -0.366. The largest absolute Gasteiger partial charge is 0.481 e. The van der Waals surface area contributed by atoms with Crippen LogP contribution in [0.15, 0.2) is 6.20 Å². The van der Waals surface area contributed by atoms with Crippen LogP contribution < -0.4 is 5.32 Å². The molecule has 26 heavy (non-hydrogen) atoms. The molecular weight excluding hydrogens is 332 g/mol. The summed E-state index contributed by atoms with van der Waals surface area (Å²) >= 11 is 0. The summed E-state index contributed by atoms with van der Waals surface area (Å²) in [5.41, 5.74) is 1.02. The lowest BCUT2D eigenvalue weighted by molar-refractivity contribution is -0.149. The van der Waals surface area contributed by atoms with Crippen molar-refractivity contribution in [3.05, 3.63) is 17.5 Å². The van der Waals surface area contributed by atoms with Gasteiger partial charge in [-0.25, -0.2) is 4.79 Å². The molecule has 2 fully saturated rings. The number of urea groups is 1. The van der Waals surface area contributed by atoms with Crippen molar-refractivity contribution < 1.29 is 14.7 Å². The number of carboxylic acids is 1. The molecule has 0 aromatic carbocycles. The van der Waals surface area contributed by atoms with Crippen LogP contribution in [0, 0.1) is 18.3 Å². The second-order valence-electron chi connectivity index (χ2n) is 8.89. The van der Waals surface area contributed by atoms with Crippen LogP contribution in [-0.4, -0.2) is 44.9 Å². The Hall–Kier alpha value is -2.05. The molecule has 7 heteroatoms. The fourth-order valence-corrected chi connectivity index (χ4v) is 4.39. The monoisotopic (exact) mass is 362 g/mol. The SMILES string of the molecule is Cc1nn(C(C)(C)C)cc1C(C)NC(=O)N1C[C@@H]2CCC[C@@]2(C(=O)O)C1. The number of hydrogen-bond donors (Lipinski definition) is 2. The molecule has 1 aliphatic carbocycles. The van der Waals surface area contributed by atoms with E-state index in [0.717, 1.165) is 24.1 Å². The lowest BCUT2D eigenvalue weighted by Crippen LogP contribution is -2.42. The minimum atomic E-state index is -0.759. The van der Waals surface area contributed by atoms with Crippen molar-refractivity contribution in [2.45, 2.75) is 65.5 Å². The van der Waals surface area contributed by atoms with Crippen molar-refractivity contribution in [3.63, 3.8) is 0 Å². The number of fused-ring (bicyclic) bond motifs is 1. The Balaban J connectivity index is 1.69. The lowest BCUT2D eigenvalue weighted by atomic mass is 9.81. The number of carbonyl (C=O) groups is 2. The minimum Gasteiger partial charge on any atom is -0.481 e. The van der Waals surface area contributed by atoms with E-state index in [9.17, 15) is 14.7 Å². The van der Waals surface area contributed by atoms with Crippen molar-refractivity contribution >= 4 is 12.0 Å². The highest BCUT2D eigenvalue weighted by molar-refractivity contribution is 5.80. The average molecular weight is 362 g/mol. The molecule has 1 unspecified atom stereocenters. The van der Waals surface area contributed by atoms with Crippen molar-refractivity contribution in [1.29, 1.82) is 0 Å². The number of carbonyl (C=O) groups excluding carboxylic acids is 1. The van der Waals surface area contributed by atoms with Crippen LogP contribution in [0.1, 0.15) is 64.3 Å². The predicted octanol–water partition coefficient (Wildman–Crippen LogP) is 2.90. The number of amides is 2. The number of aromatic nitrogens is 2. The van der Waals surface area contributed by atoms with E-state index in [0.29, 0.717) is 19.5 Å². The second-order valence-corrected chi connectivity index (χ2v) is 8.89. The van der Waals surface area contributed by atoms with Gasteiger partial charge in [-0.3, -0.25) is 9.48 Å². The van der Waals surface area contributed by atoms with Crippen LogP contribution in [0.5, 0.6) is 0 Å². The molecule has 2 aliphatic rings. The highest BCUT2D eigenvalue weighted by Crippen LogP contribution is 2.48. The number of rotatable bonds is 3. The van der Waals surface area contributed by atoms with Crippen LogP contribution in [0.2, 0.25) is 0 Å². The van der Waals surface area contributed by atoms with Gasteiger partial charge in [-0.2, -0.15) is 5.10 Å². The van der Waals surface area contributed by atoms with Crippen molar-refractivity contribution in [2.75, 3.05) is 13.1 Å². The molecule has 3 rings (SSSR count). The molecule has 0 radical (unpaired) electrons. The molecule has 2 N–H and O–H groups in total. The Bertz CT molecular complexity index is 721. The first-order valence-electron chi connectivity index (χ1n) is 9.40. The number of likely N-dealkylation sites (tertiary alicyclic amines) is 1. The first-order chi connectivity index (χ1) is 12.0. The Morgan fingerprint density at radius 2 is 2.12 bits per heavy atom. The second kappa shape index (κ2) is 6.28. The third kappa shape index (κ3) is 3.08. The van der Waals surface area contributed by atoms with Crippen molar-refractivity contribution in [2.24, 2.45) is 11.3 Å². The van der Waals surface area contributed by atoms with Gasteiger partial charge in [0, 0.05) is 24.8 Å². The highest BCUT2D eigenvalue weighted by Gasteiger charge is 2.55. The molecule has 1 saturated heterocycles. The number of carboxylic acid groups (broad SMARTS) is 1. The van der Waals surface area contributed by atoms with Crippen molar-refractivity contribution in [1.82, 2.24) is 20.0 Å². The van der Waals surface area contributed by atoms with Crippen LogP contribution in [0.4, 0.5) is 4.79 Å². The topological polar surface area (TPSA) is 87.5 Å².